The molecule has 1 unspecified atom stereocenters. The van der Waals surface area contributed by atoms with E-state index >= 15 is 0 Å². The Balaban J connectivity index is 1.49. The first kappa shape index (κ1) is 16.9. The lowest BCUT2D eigenvalue weighted by atomic mass is 10.0. The van der Waals surface area contributed by atoms with Crippen LogP contribution in [-0.2, 0) is 11.2 Å². The van der Waals surface area contributed by atoms with Gasteiger partial charge in [0.15, 0.2) is 0 Å². The van der Waals surface area contributed by atoms with Crippen LogP contribution >= 0.6 is 11.3 Å². The Labute approximate surface area is 156 Å². The molecule has 0 bridgehead atoms. The number of hydrogen-bond donors (Lipinski definition) is 1. The summed E-state index contributed by atoms with van der Waals surface area (Å²) in [5.41, 5.74) is 2.99. The van der Waals surface area contributed by atoms with E-state index < -0.39 is 0 Å². The predicted octanol–water partition coefficient (Wildman–Crippen LogP) is 2.92. The van der Waals surface area contributed by atoms with Crippen molar-refractivity contribution in [2.45, 2.75) is 12.5 Å². The number of benzene rings is 1. The van der Waals surface area contributed by atoms with Crippen LogP contribution in [0.25, 0.3) is 10.6 Å². The van der Waals surface area contributed by atoms with E-state index in [4.69, 9.17) is 0 Å². The van der Waals surface area contributed by atoms with E-state index in [2.05, 4.69) is 15.3 Å². The van der Waals surface area contributed by atoms with Crippen molar-refractivity contribution >= 4 is 17.2 Å². The Morgan fingerprint density at radius 3 is 2.92 bits per heavy atom. The maximum atomic E-state index is 12.9. The van der Waals surface area contributed by atoms with Crippen molar-refractivity contribution in [2.24, 2.45) is 0 Å². The molecular formula is C20H20N4OS. The van der Waals surface area contributed by atoms with Crippen LogP contribution < -0.4 is 5.32 Å². The van der Waals surface area contributed by atoms with Gasteiger partial charge in [-0.05, 0) is 11.6 Å². The lowest BCUT2D eigenvalue weighted by Crippen LogP contribution is -2.49. The standard InChI is InChI=1S/C20H20N4OS/c25-19(11-17-14-26-20(23-17)15-5-2-1-3-6-15)24-10-9-22-13-18(24)16-7-4-8-21-12-16/h1-8,12,14,18,22H,9-11,13H2. The molecule has 0 aliphatic carbocycles. The summed E-state index contributed by atoms with van der Waals surface area (Å²) < 4.78 is 0. The summed E-state index contributed by atoms with van der Waals surface area (Å²) in [6, 6.07) is 14.0. The van der Waals surface area contributed by atoms with Gasteiger partial charge in [-0.2, -0.15) is 0 Å². The molecule has 1 N–H and O–H groups in total. The van der Waals surface area contributed by atoms with Crippen molar-refractivity contribution in [3.05, 3.63) is 71.5 Å². The van der Waals surface area contributed by atoms with Gasteiger partial charge >= 0.3 is 0 Å². The second-order valence-electron chi connectivity index (χ2n) is 6.28. The Kier molecular flexibility index (Phi) is 5.04. The molecule has 4 rings (SSSR count). The van der Waals surface area contributed by atoms with Crippen molar-refractivity contribution in [2.75, 3.05) is 19.6 Å². The minimum Gasteiger partial charge on any atom is -0.333 e. The maximum Gasteiger partial charge on any atom is 0.229 e. The highest BCUT2D eigenvalue weighted by Crippen LogP contribution is 2.25. The lowest BCUT2D eigenvalue weighted by Gasteiger charge is -2.36. The van der Waals surface area contributed by atoms with E-state index in [9.17, 15) is 4.79 Å². The van der Waals surface area contributed by atoms with E-state index in [1.807, 2.05) is 58.9 Å². The maximum absolute atomic E-state index is 12.9. The topological polar surface area (TPSA) is 58.1 Å². The summed E-state index contributed by atoms with van der Waals surface area (Å²) in [5, 5.41) is 6.32. The minimum absolute atomic E-state index is 0.0252. The van der Waals surface area contributed by atoms with Crippen LogP contribution in [0, 0.1) is 0 Å². The molecule has 1 aromatic carbocycles. The fourth-order valence-electron chi connectivity index (χ4n) is 3.23. The molecule has 26 heavy (non-hydrogen) atoms. The smallest absolute Gasteiger partial charge is 0.229 e. The number of carbonyl (C=O) groups is 1. The van der Waals surface area contributed by atoms with Crippen LogP contribution in [0.2, 0.25) is 0 Å². The predicted molar refractivity (Wildman–Crippen MR) is 103 cm³/mol. The highest BCUT2D eigenvalue weighted by molar-refractivity contribution is 7.13. The molecule has 1 amide bonds. The molecule has 1 fully saturated rings. The third-order valence-electron chi connectivity index (χ3n) is 4.54. The van der Waals surface area contributed by atoms with Crippen molar-refractivity contribution < 1.29 is 4.79 Å². The summed E-state index contributed by atoms with van der Waals surface area (Å²) >= 11 is 1.58. The highest BCUT2D eigenvalue weighted by atomic mass is 32.1. The van der Waals surface area contributed by atoms with E-state index in [1.54, 1.807) is 17.5 Å². The lowest BCUT2D eigenvalue weighted by molar-refractivity contribution is -0.133. The quantitative estimate of drug-likeness (QED) is 0.773. The number of carbonyl (C=O) groups excluding carboxylic acids is 1. The van der Waals surface area contributed by atoms with Gasteiger partial charge in [-0.3, -0.25) is 9.78 Å². The Hall–Kier alpha value is -2.57. The zero-order valence-electron chi connectivity index (χ0n) is 14.3. The van der Waals surface area contributed by atoms with Gasteiger partial charge in [0.2, 0.25) is 5.91 Å². The summed E-state index contributed by atoms with van der Waals surface area (Å²) in [7, 11) is 0. The zero-order valence-corrected chi connectivity index (χ0v) is 15.2. The average Bonchev–Trinajstić information content (AvgIpc) is 3.18. The van der Waals surface area contributed by atoms with E-state index in [1.165, 1.54) is 0 Å². The Morgan fingerprint density at radius 2 is 2.12 bits per heavy atom. The minimum atomic E-state index is 0.0252. The van der Waals surface area contributed by atoms with Crippen LogP contribution in [0.4, 0.5) is 0 Å². The summed E-state index contributed by atoms with van der Waals surface area (Å²) in [6.07, 6.45) is 3.93. The highest BCUT2D eigenvalue weighted by Gasteiger charge is 2.28. The number of piperazine rings is 1. The molecule has 1 aliphatic heterocycles. The SMILES string of the molecule is O=C(Cc1csc(-c2ccccc2)n1)N1CCNCC1c1cccnc1. The average molecular weight is 364 g/mol. The van der Waals surface area contributed by atoms with Gasteiger partial charge in [0.05, 0.1) is 18.2 Å². The van der Waals surface area contributed by atoms with Gasteiger partial charge in [0.25, 0.3) is 0 Å². The summed E-state index contributed by atoms with van der Waals surface area (Å²) in [4.78, 5) is 23.7. The Bertz CT molecular complexity index is 866. The van der Waals surface area contributed by atoms with E-state index in [-0.39, 0.29) is 11.9 Å². The van der Waals surface area contributed by atoms with Crippen molar-refractivity contribution in [1.29, 1.82) is 0 Å². The fraction of sp³-hybridized carbons (Fsp3) is 0.250. The van der Waals surface area contributed by atoms with Crippen LogP contribution in [0.15, 0.2) is 60.2 Å². The molecule has 5 nitrogen and oxygen atoms in total. The van der Waals surface area contributed by atoms with Gasteiger partial charge in [0, 0.05) is 43.0 Å². The number of thiazole rings is 1. The van der Waals surface area contributed by atoms with Crippen molar-refractivity contribution in [3.63, 3.8) is 0 Å². The van der Waals surface area contributed by atoms with Gasteiger partial charge in [-0.25, -0.2) is 4.98 Å². The van der Waals surface area contributed by atoms with Crippen molar-refractivity contribution in [3.8, 4) is 10.6 Å². The molecule has 3 heterocycles. The first-order valence-electron chi connectivity index (χ1n) is 8.71. The molecule has 0 saturated carbocycles. The van der Waals surface area contributed by atoms with Gasteiger partial charge in [-0.15, -0.1) is 11.3 Å². The van der Waals surface area contributed by atoms with Crippen LogP contribution in [0.3, 0.4) is 0 Å². The van der Waals surface area contributed by atoms with Crippen LogP contribution in [0.5, 0.6) is 0 Å². The molecule has 1 atom stereocenters. The molecule has 3 aromatic rings. The number of nitrogens with one attached hydrogen (secondary N) is 1. The van der Waals surface area contributed by atoms with Crippen LogP contribution in [-0.4, -0.2) is 40.4 Å². The molecule has 132 valence electrons. The third kappa shape index (κ3) is 3.66. The second kappa shape index (κ2) is 7.76. The first-order valence-corrected chi connectivity index (χ1v) is 9.59. The molecule has 0 spiro atoms. The second-order valence-corrected chi connectivity index (χ2v) is 7.14. The van der Waals surface area contributed by atoms with Crippen LogP contribution in [0.1, 0.15) is 17.3 Å². The number of hydrogen-bond acceptors (Lipinski definition) is 5. The first-order chi connectivity index (χ1) is 12.8. The third-order valence-corrected chi connectivity index (χ3v) is 5.48. The van der Waals surface area contributed by atoms with Gasteiger partial charge in [-0.1, -0.05) is 36.4 Å². The Morgan fingerprint density at radius 1 is 1.23 bits per heavy atom. The molecule has 6 heteroatoms. The number of aromatic nitrogens is 2. The van der Waals surface area contributed by atoms with Crippen molar-refractivity contribution in [1.82, 2.24) is 20.2 Å². The molecular weight excluding hydrogens is 344 g/mol. The zero-order chi connectivity index (χ0) is 17.8. The fourth-order valence-corrected chi connectivity index (χ4v) is 4.06. The molecule has 2 aromatic heterocycles. The van der Waals surface area contributed by atoms with E-state index in [0.29, 0.717) is 13.0 Å². The summed E-state index contributed by atoms with van der Waals surface area (Å²) in [6.45, 7) is 2.27. The largest absolute Gasteiger partial charge is 0.333 e. The number of rotatable bonds is 4. The molecule has 1 saturated heterocycles. The number of pyridine rings is 1. The molecule has 1 aliphatic rings. The van der Waals surface area contributed by atoms with E-state index in [0.717, 1.165) is 34.9 Å². The summed E-state index contributed by atoms with van der Waals surface area (Å²) in [5.74, 6) is 0.116. The van der Waals surface area contributed by atoms with Gasteiger partial charge < -0.3 is 10.2 Å². The van der Waals surface area contributed by atoms with Gasteiger partial charge in [0.1, 0.15) is 5.01 Å². The normalized spacial score (nSPS) is 17.2. The monoisotopic (exact) mass is 364 g/mol. The number of amides is 1. The molecule has 0 radical (unpaired) electrons. The number of nitrogens with zero attached hydrogens (tertiary/aromatic N) is 3.